The van der Waals surface area contributed by atoms with Gasteiger partial charge in [-0.1, -0.05) is 0 Å². The minimum Gasteiger partial charge on any atom is -0.481 e. The van der Waals surface area contributed by atoms with Crippen LogP contribution in [0.4, 0.5) is 11.5 Å². The second-order valence-electron chi connectivity index (χ2n) is 4.05. The highest BCUT2D eigenvalue weighted by Gasteiger charge is 2.20. The van der Waals surface area contributed by atoms with E-state index in [0.29, 0.717) is 9.39 Å². The van der Waals surface area contributed by atoms with Gasteiger partial charge in [-0.25, -0.2) is 4.98 Å². The first kappa shape index (κ1) is 15.0. The maximum Gasteiger partial charge on any atom is 0.313 e. The molecule has 0 spiro atoms. The number of nitriles is 1. The van der Waals surface area contributed by atoms with Gasteiger partial charge in [0.05, 0.1) is 20.1 Å². The van der Waals surface area contributed by atoms with Gasteiger partial charge in [0, 0.05) is 12.3 Å². The van der Waals surface area contributed by atoms with Crippen LogP contribution in [-0.2, 0) is 6.61 Å². The Morgan fingerprint density at radius 3 is 2.86 bits per heavy atom. The number of nitro benzene ring substituents is 1. The van der Waals surface area contributed by atoms with Gasteiger partial charge in [-0.3, -0.25) is 10.1 Å². The van der Waals surface area contributed by atoms with Crippen LogP contribution in [0.25, 0.3) is 0 Å². The largest absolute Gasteiger partial charge is 0.481 e. The number of nitro groups is 1. The molecule has 0 atom stereocenters. The Labute approximate surface area is 133 Å². The molecule has 7 nitrogen and oxygen atoms in total. The molecule has 0 unspecified atom stereocenters. The van der Waals surface area contributed by atoms with Gasteiger partial charge in [0.1, 0.15) is 12.4 Å². The minimum atomic E-state index is -0.570. The van der Waals surface area contributed by atoms with Crippen molar-refractivity contribution in [2.75, 3.05) is 5.73 Å². The molecule has 0 aliphatic rings. The molecule has 0 saturated heterocycles. The topological polar surface area (TPSA) is 115 Å². The number of ether oxygens (including phenoxy) is 1. The van der Waals surface area contributed by atoms with E-state index in [9.17, 15) is 10.1 Å². The van der Waals surface area contributed by atoms with Crippen LogP contribution in [0.5, 0.6) is 5.75 Å². The van der Waals surface area contributed by atoms with Gasteiger partial charge in [-0.15, -0.1) is 0 Å². The number of nitrogens with two attached hydrogens (primary N) is 1. The van der Waals surface area contributed by atoms with Crippen molar-refractivity contribution in [2.24, 2.45) is 0 Å². The Balaban J connectivity index is 2.31. The van der Waals surface area contributed by atoms with Crippen molar-refractivity contribution in [1.29, 1.82) is 5.26 Å². The van der Waals surface area contributed by atoms with Crippen LogP contribution >= 0.6 is 22.6 Å². The van der Waals surface area contributed by atoms with E-state index >= 15 is 0 Å². The molecule has 1 aromatic heterocycles. The highest BCUT2D eigenvalue weighted by Crippen LogP contribution is 2.34. The van der Waals surface area contributed by atoms with E-state index in [1.807, 2.05) is 28.7 Å². The number of nitrogens with zero attached hydrogens (tertiary/aromatic N) is 3. The third kappa shape index (κ3) is 3.57. The standard InChI is InChI=1S/C13H9IN4O3/c14-10-3-9(6-15)4-11(18(19)20)13(10)21-7-8-1-2-17-12(16)5-8/h1-5H,7H2,(H2,16,17). The highest BCUT2D eigenvalue weighted by molar-refractivity contribution is 14.1. The van der Waals surface area contributed by atoms with Gasteiger partial charge < -0.3 is 10.5 Å². The lowest BCUT2D eigenvalue weighted by molar-refractivity contribution is -0.386. The van der Waals surface area contributed by atoms with E-state index in [0.717, 1.165) is 5.56 Å². The molecular formula is C13H9IN4O3. The lowest BCUT2D eigenvalue weighted by Gasteiger charge is -2.09. The van der Waals surface area contributed by atoms with Gasteiger partial charge in [-0.2, -0.15) is 5.26 Å². The van der Waals surface area contributed by atoms with Gasteiger partial charge in [0.2, 0.25) is 5.75 Å². The fraction of sp³-hybridized carbons (Fsp3) is 0.0769. The molecule has 8 heteroatoms. The number of halogens is 1. The van der Waals surface area contributed by atoms with Crippen LogP contribution in [0.3, 0.4) is 0 Å². The van der Waals surface area contributed by atoms with E-state index < -0.39 is 4.92 Å². The third-order valence-corrected chi connectivity index (χ3v) is 3.38. The quantitative estimate of drug-likeness (QED) is 0.483. The first-order chi connectivity index (χ1) is 10.0. The average Bonchev–Trinajstić information content (AvgIpc) is 2.45. The Kier molecular flexibility index (Phi) is 4.54. The van der Waals surface area contributed by atoms with Crippen LogP contribution in [0.2, 0.25) is 0 Å². The summed E-state index contributed by atoms with van der Waals surface area (Å²) < 4.78 is 6.03. The van der Waals surface area contributed by atoms with E-state index in [1.165, 1.54) is 18.3 Å². The minimum absolute atomic E-state index is 0.120. The number of rotatable bonds is 4. The number of nitrogen functional groups attached to an aromatic ring is 1. The second kappa shape index (κ2) is 6.36. The van der Waals surface area contributed by atoms with Gasteiger partial charge in [0.15, 0.2) is 0 Å². The predicted octanol–water partition coefficient (Wildman–Crippen LogP) is 2.63. The maximum absolute atomic E-state index is 11.1. The van der Waals surface area contributed by atoms with E-state index in [2.05, 4.69) is 4.98 Å². The molecule has 0 aliphatic heterocycles. The number of hydrogen-bond acceptors (Lipinski definition) is 6. The molecule has 0 radical (unpaired) electrons. The molecule has 0 fully saturated rings. The number of hydrogen-bond donors (Lipinski definition) is 1. The lowest BCUT2D eigenvalue weighted by Crippen LogP contribution is -2.02. The van der Waals surface area contributed by atoms with Gasteiger partial charge in [0.25, 0.3) is 0 Å². The monoisotopic (exact) mass is 396 g/mol. The van der Waals surface area contributed by atoms with Crippen LogP contribution in [0.15, 0.2) is 30.5 Å². The number of pyridine rings is 1. The highest BCUT2D eigenvalue weighted by atomic mass is 127. The molecular weight excluding hydrogens is 387 g/mol. The zero-order chi connectivity index (χ0) is 15.4. The molecule has 2 N–H and O–H groups in total. The molecule has 106 valence electrons. The first-order valence-electron chi connectivity index (χ1n) is 5.72. The van der Waals surface area contributed by atoms with Crippen LogP contribution in [0, 0.1) is 25.0 Å². The smallest absolute Gasteiger partial charge is 0.313 e. The Morgan fingerprint density at radius 2 is 2.24 bits per heavy atom. The van der Waals surface area contributed by atoms with Crippen LogP contribution < -0.4 is 10.5 Å². The summed E-state index contributed by atoms with van der Waals surface area (Å²) in [6.45, 7) is 0.120. The summed E-state index contributed by atoms with van der Waals surface area (Å²) in [5, 5.41) is 20.0. The summed E-state index contributed by atoms with van der Waals surface area (Å²) in [6, 6.07) is 7.94. The summed E-state index contributed by atoms with van der Waals surface area (Å²) in [7, 11) is 0. The second-order valence-corrected chi connectivity index (χ2v) is 5.22. The fourth-order valence-corrected chi connectivity index (χ4v) is 2.43. The number of aromatic nitrogens is 1. The van der Waals surface area contributed by atoms with Gasteiger partial charge in [-0.05, 0) is 46.4 Å². The summed E-state index contributed by atoms with van der Waals surface area (Å²) in [5.74, 6) is 0.482. The van der Waals surface area contributed by atoms with Crippen molar-refractivity contribution in [3.05, 3.63) is 55.3 Å². The molecule has 0 bridgehead atoms. The molecule has 2 rings (SSSR count). The van der Waals surface area contributed by atoms with E-state index in [4.69, 9.17) is 15.7 Å². The van der Waals surface area contributed by atoms with Gasteiger partial charge >= 0.3 is 5.69 Å². The molecule has 0 amide bonds. The van der Waals surface area contributed by atoms with E-state index in [1.54, 1.807) is 12.1 Å². The van der Waals surface area contributed by atoms with Crippen molar-refractivity contribution in [3.63, 3.8) is 0 Å². The lowest BCUT2D eigenvalue weighted by atomic mass is 10.2. The van der Waals surface area contributed by atoms with Crippen molar-refractivity contribution in [3.8, 4) is 11.8 Å². The van der Waals surface area contributed by atoms with Crippen LogP contribution in [0.1, 0.15) is 11.1 Å². The normalized spacial score (nSPS) is 9.90. The summed E-state index contributed by atoms with van der Waals surface area (Å²) in [5.41, 5.74) is 6.29. The third-order valence-electron chi connectivity index (χ3n) is 2.58. The van der Waals surface area contributed by atoms with E-state index in [-0.39, 0.29) is 23.6 Å². The van der Waals surface area contributed by atoms with Crippen LogP contribution in [-0.4, -0.2) is 9.91 Å². The van der Waals surface area contributed by atoms with Crippen molar-refractivity contribution < 1.29 is 9.66 Å². The maximum atomic E-state index is 11.1. The fourth-order valence-electron chi connectivity index (χ4n) is 1.66. The molecule has 2 aromatic rings. The SMILES string of the molecule is N#Cc1cc(I)c(OCc2ccnc(N)c2)c([N+](=O)[O-])c1. The first-order valence-corrected chi connectivity index (χ1v) is 6.80. The van der Waals surface area contributed by atoms with Crippen molar-refractivity contribution in [1.82, 2.24) is 4.98 Å². The molecule has 0 aliphatic carbocycles. The Morgan fingerprint density at radius 1 is 1.48 bits per heavy atom. The number of anilines is 1. The molecule has 1 aromatic carbocycles. The summed E-state index contributed by atoms with van der Waals surface area (Å²) >= 11 is 1.90. The molecule has 0 saturated carbocycles. The Hall–Kier alpha value is -2.41. The summed E-state index contributed by atoms with van der Waals surface area (Å²) in [4.78, 5) is 14.4. The zero-order valence-corrected chi connectivity index (χ0v) is 12.8. The molecule has 21 heavy (non-hydrogen) atoms. The van der Waals surface area contributed by atoms with Crippen molar-refractivity contribution >= 4 is 34.1 Å². The molecule has 1 heterocycles. The number of benzene rings is 1. The van der Waals surface area contributed by atoms with Crippen molar-refractivity contribution in [2.45, 2.75) is 6.61 Å². The Bertz CT molecular complexity index is 743. The average molecular weight is 396 g/mol. The summed E-state index contributed by atoms with van der Waals surface area (Å²) in [6.07, 6.45) is 1.53. The zero-order valence-electron chi connectivity index (χ0n) is 10.6. The predicted molar refractivity (Wildman–Crippen MR) is 83.5 cm³/mol.